The highest BCUT2D eigenvalue weighted by atomic mass is 16.1. The molecule has 4 aliphatic rings. The number of fused-ring (bicyclic) bond motifs is 5. The summed E-state index contributed by atoms with van der Waals surface area (Å²) in [5.41, 5.74) is 1.66. The monoisotopic (exact) mass is 314 g/mol. The standard InChI is InChI=1S/C21H30O2/c1-13(2)21-11-8-15(22)12-14(21)4-5-16-17-6-7-19(23)20(17,3)10-9-18(16)21/h12-13,16-18H,4-11H2,1-3H3/t16-,17-,18-,20-,21+/m0/s1. The second-order valence-corrected chi connectivity index (χ2v) is 9.16. The van der Waals surface area contributed by atoms with Gasteiger partial charge in [0, 0.05) is 18.3 Å². The fraction of sp³-hybridized carbons (Fsp3) is 0.810. The van der Waals surface area contributed by atoms with Crippen LogP contribution in [-0.2, 0) is 9.59 Å². The van der Waals surface area contributed by atoms with Crippen molar-refractivity contribution in [3.8, 4) is 0 Å². The van der Waals surface area contributed by atoms with Gasteiger partial charge in [-0.2, -0.15) is 0 Å². The molecule has 0 aromatic heterocycles. The molecule has 3 fully saturated rings. The maximum Gasteiger partial charge on any atom is 0.155 e. The first-order chi connectivity index (χ1) is 10.9. The number of hydrogen-bond acceptors (Lipinski definition) is 2. The molecule has 0 spiro atoms. The van der Waals surface area contributed by atoms with E-state index in [-0.39, 0.29) is 10.8 Å². The lowest BCUT2D eigenvalue weighted by molar-refractivity contribution is -0.134. The predicted molar refractivity (Wildman–Crippen MR) is 90.9 cm³/mol. The molecule has 5 atom stereocenters. The van der Waals surface area contributed by atoms with Gasteiger partial charge in [-0.3, -0.25) is 9.59 Å². The van der Waals surface area contributed by atoms with E-state index in [1.807, 2.05) is 6.08 Å². The summed E-state index contributed by atoms with van der Waals surface area (Å²) >= 11 is 0. The smallest absolute Gasteiger partial charge is 0.155 e. The number of Topliss-reactive ketones (excluding diaryl/α,β-unsaturated/α-hetero) is 1. The first-order valence-corrected chi connectivity index (χ1v) is 9.67. The minimum Gasteiger partial charge on any atom is -0.299 e. The molecule has 2 heteroatoms. The van der Waals surface area contributed by atoms with E-state index in [0.717, 1.165) is 38.5 Å². The number of carbonyl (C=O) groups is 2. The van der Waals surface area contributed by atoms with Crippen molar-refractivity contribution in [2.45, 2.75) is 72.1 Å². The Bertz CT molecular complexity index is 587. The second kappa shape index (κ2) is 5.04. The van der Waals surface area contributed by atoms with Crippen LogP contribution in [-0.4, -0.2) is 11.6 Å². The molecule has 2 nitrogen and oxygen atoms in total. The highest BCUT2D eigenvalue weighted by Gasteiger charge is 2.60. The summed E-state index contributed by atoms with van der Waals surface area (Å²) in [6, 6.07) is 0. The van der Waals surface area contributed by atoms with Crippen LogP contribution >= 0.6 is 0 Å². The lowest BCUT2D eigenvalue weighted by Gasteiger charge is -2.59. The minimum atomic E-state index is -0.0367. The van der Waals surface area contributed by atoms with Crippen molar-refractivity contribution in [2.24, 2.45) is 34.5 Å². The van der Waals surface area contributed by atoms with Crippen molar-refractivity contribution in [2.75, 3.05) is 0 Å². The summed E-state index contributed by atoms with van der Waals surface area (Å²) in [5.74, 6) is 3.46. The number of hydrogen-bond donors (Lipinski definition) is 0. The third-order valence-corrected chi connectivity index (χ3v) is 8.30. The minimum absolute atomic E-state index is 0.0367. The van der Waals surface area contributed by atoms with Gasteiger partial charge >= 0.3 is 0 Å². The fourth-order valence-electron chi connectivity index (χ4n) is 7.13. The summed E-state index contributed by atoms with van der Waals surface area (Å²) in [6.07, 6.45) is 10.3. The van der Waals surface area contributed by atoms with E-state index in [2.05, 4.69) is 20.8 Å². The van der Waals surface area contributed by atoms with Gasteiger partial charge in [-0.25, -0.2) is 0 Å². The van der Waals surface area contributed by atoms with Crippen LogP contribution < -0.4 is 0 Å². The Labute approximate surface area is 140 Å². The quantitative estimate of drug-likeness (QED) is 0.701. The largest absolute Gasteiger partial charge is 0.299 e. The van der Waals surface area contributed by atoms with Gasteiger partial charge < -0.3 is 0 Å². The van der Waals surface area contributed by atoms with E-state index in [0.29, 0.717) is 35.2 Å². The molecular formula is C21H30O2. The molecule has 0 heterocycles. The van der Waals surface area contributed by atoms with Crippen LogP contribution in [0, 0.1) is 34.5 Å². The van der Waals surface area contributed by atoms with E-state index in [1.54, 1.807) is 0 Å². The number of rotatable bonds is 1. The van der Waals surface area contributed by atoms with Gasteiger partial charge in [-0.05, 0) is 73.7 Å². The molecule has 3 saturated carbocycles. The van der Waals surface area contributed by atoms with Crippen LogP contribution in [0.25, 0.3) is 0 Å². The average molecular weight is 314 g/mol. The third kappa shape index (κ3) is 1.93. The molecule has 23 heavy (non-hydrogen) atoms. The van der Waals surface area contributed by atoms with Crippen molar-refractivity contribution >= 4 is 11.6 Å². The Balaban J connectivity index is 1.76. The molecule has 0 bridgehead atoms. The van der Waals surface area contributed by atoms with Crippen LogP contribution in [0.4, 0.5) is 0 Å². The van der Waals surface area contributed by atoms with Gasteiger partial charge in [0.25, 0.3) is 0 Å². The summed E-state index contributed by atoms with van der Waals surface area (Å²) in [5, 5.41) is 0. The molecule has 0 aromatic carbocycles. The van der Waals surface area contributed by atoms with Crippen molar-refractivity contribution in [3.05, 3.63) is 11.6 Å². The second-order valence-electron chi connectivity index (χ2n) is 9.16. The van der Waals surface area contributed by atoms with Crippen LogP contribution in [0.3, 0.4) is 0 Å². The highest BCUT2D eigenvalue weighted by Crippen LogP contribution is 2.66. The molecule has 126 valence electrons. The normalized spacial score (nSPS) is 46.3. The molecule has 4 rings (SSSR count). The predicted octanol–water partition coefficient (Wildman–Crippen LogP) is 4.72. The molecular weight excluding hydrogens is 284 g/mol. The summed E-state index contributed by atoms with van der Waals surface area (Å²) in [6.45, 7) is 6.97. The van der Waals surface area contributed by atoms with Crippen molar-refractivity contribution in [3.63, 3.8) is 0 Å². The Morgan fingerprint density at radius 3 is 2.52 bits per heavy atom. The zero-order chi connectivity index (χ0) is 16.4. The maximum atomic E-state index is 12.5. The molecule has 0 amide bonds. The van der Waals surface area contributed by atoms with Gasteiger partial charge in [0.2, 0.25) is 0 Å². The Hall–Kier alpha value is -0.920. The third-order valence-electron chi connectivity index (χ3n) is 8.30. The fourth-order valence-corrected chi connectivity index (χ4v) is 7.13. The Morgan fingerprint density at radius 2 is 1.78 bits per heavy atom. The zero-order valence-electron chi connectivity index (χ0n) is 14.9. The summed E-state index contributed by atoms with van der Waals surface area (Å²) < 4.78 is 0. The van der Waals surface area contributed by atoms with Crippen LogP contribution in [0.2, 0.25) is 0 Å². The molecule has 0 unspecified atom stereocenters. The van der Waals surface area contributed by atoms with Gasteiger partial charge in [0.1, 0.15) is 5.78 Å². The first kappa shape index (κ1) is 15.6. The molecule has 0 N–H and O–H groups in total. The van der Waals surface area contributed by atoms with Crippen LogP contribution in [0.5, 0.6) is 0 Å². The van der Waals surface area contributed by atoms with E-state index < -0.39 is 0 Å². The van der Waals surface area contributed by atoms with E-state index in [1.165, 1.54) is 18.4 Å². The molecule has 0 saturated heterocycles. The van der Waals surface area contributed by atoms with E-state index in [9.17, 15) is 9.59 Å². The average Bonchev–Trinajstić information content (AvgIpc) is 2.82. The Morgan fingerprint density at radius 1 is 1.00 bits per heavy atom. The molecule has 0 radical (unpaired) electrons. The van der Waals surface area contributed by atoms with Crippen LogP contribution in [0.1, 0.15) is 72.1 Å². The Kier molecular flexibility index (Phi) is 3.42. The first-order valence-electron chi connectivity index (χ1n) is 9.67. The van der Waals surface area contributed by atoms with Crippen molar-refractivity contribution in [1.82, 2.24) is 0 Å². The van der Waals surface area contributed by atoms with Gasteiger partial charge in [-0.15, -0.1) is 0 Å². The van der Waals surface area contributed by atoms with Crippen molar-refractivity contribution in [1.29, 1.82) is 0 Å². The molecule has 0 aromatic rings. The lowest BCUT2D eigenvalue weighted by Crippen LogP contribution is -2.53. The maximum absolute atomic E-state index is 12.5. The summed E-state index contributed by atoms with van der Waals surface area (Å²) in [7, 11) is 0. The summed E-state index contributed by atoms with van der Waals surface area (Å²) in [4.78, 5) is 24.5. The van der Waals surface area contributed by atoms with Gasteiger partial charge in [0.05, 0.1) is 0 Å². The highest BCUT2D eigenvalue weighted by molar-refractivity contribution is 5.91. The zero-order valence-corrected chi connectivity index (χ0v) is 14.9. The number of allylic oxidation sites excluding steroid dienone is 1. The SMILES string of the molecule is CC(C)[C@]12CCC(=O)C=C1CC[C@@H]1[C@@H]2CC[C@]2(C)C(=O)CC[C@@H]12. The van der Waals surface area contributed by atoms with Crippen LogP contribution in [0.15, 0.2) is 11.6 Å². The van der Waals surface area contributed by atoms with Gasteiger partial charge in [-0.1, -0.05) is 26.3 Å². The van der Waals surface area contributed by atoms with E-state index >= 15 is 0 Å². The van der Waals surface area contributed by atoms with Crippen molar-refractivity contribution < 1.29 is 9.59 Å². The van der Waals surface area contributed by atoms with E-state index in [4.69, 9.17) is 0 Å². The number of ketones is 2. The lowest BCUT2D eigenvalue weighted by atomic mass is 9.44. The molecule has 4 aliphatic carbocycles. The number of carbonyl (C=O) groups excluding carboxylic acids is 2. The topological polar surface area (TPSA) is 34.1 Å². The molecule has 0 aliphatic heterocycles. The van der Waals surface area contributed by atoms with Gasteiger partial charge in [0.15, 0.2) is 5.78 Å².